The summed E-state index contributed by atoms with van der Waals surface area (Å²) < 4.78 is 0. The monoisotopic (exact) mass is 345 g/mol. The van der Waals surface area contributed by atoms with E-state index in [4.69, 9.17) is 23.2 Å². The van der Waals surface area contributed by atoms with Crippen molar-refractivity contribution >= 4 is 40.1 Å². The number of carbonyl (C=O) groups is 1. The van der Waals surface area contributed by atoms with Gasteiger partial charge in [0.1, 0.15) is 0 Å². The fourth-order valence-corrected chi connectivity index (χ4v) is 3.05. The first-order valence-corrected chi connectivity index (χ1v) is 7.78. The molecular formula is C18H13Cl2NO2. The van der Waals surface area contributed by atoms with Gasteiger partial charge in [0.25, 0.3) is 0 Å². The van der Waals surface area contributed by atoms with Crippen molar-refractivity contribution in [3.8, 4) is 11.1 Å². The van der Waals surface area contributed by atoms with Crippen molar-refractivity contribution in [2.75, 3.05) is 0 Å². The molecule has 0 spiro atoms. The first kappa shape index (κ1) is 15.8. The summed E-state index contributed by atoms with van der Waals surface area (Å²) >= 11 is 12.3. The fourth-order valence-electron chi connectivity index (χ4n) is 2.66. The average Bonchev–Trinajstić information content (AvgIpc) is 2.49. The third kappa shape index (κ3) is 3.16. The van der Waals surface area contributed by atoms with Crippen LogP contribution in [0, 0.1) is 6.92 Å². The van der Waals surface area contributed by atoms with Crippen molar-refractivity contribution in [2.45, 2.75) is 13.3 Å². The molecule has 1 heterocycles. The van der Waals surface area contributed by atoms with E-state index in [1.807, 2.05) is 31.2 Å². The molecule has 116 valence electrons. The van der Waals surface area contributed by atoms with E-state index in [-0.39, 0.29) is 6.42 Å². The topological polar surface area (TPSA) is 50.2 Å². The van der Waals surface area contributed by atoms with E-state index in [1.54, 1.807) is 18.2 Å². The van der Waals surface area contributed by atoms with Gasteiger partial charge in [0.05, 0.1) is 11.9 Å². The standard InChI is InChI=1S/C18H13Cl2NO2/c1-10-2-7-13-16(21-10)9-15(20)14(8-17(22)23)18(13)11-3-5-12(19)6-4-11/h2-7,9H,8H2,1H3,(H,22,23). The van der Waals surface area contributed by atoms with Gasteiger partial charge < -0.3 is 5.11 Å². The molecule has 3 rings (SSSR count). The van der Waals surface area contributed by atoms with Crippen LogP contribution in [0.1, 0.15) is 11.3 Å². The third-order valence-corrected chi connectivity index (χ3v) is 4.24. The Bertz CT molecular complexity index is 905. The molecule has 3 aromatic rings. The van der Waals surface area contributed by atoms with E-state index >= 15 is 0 Å². The molecule has 0 saturated heterocycles. The Morgan fingerprint density at radius 3 is 2.48 bits per heavy atom. The Morgan fingerprint density at radius 1 is 1.13 bits per heavy atom. The van der Waals surface area contributed by atoms with Crippen LogP contribution >= 0.6 is 23.2 Å². The normalized spacial score (nSPS) is 10.9. The summed E-state index contributed by atoms with van der Waals surface area (Å²) in [6.07, 6.45) is -0.152. The molecule has 5 heteroatoms. The van der Waals surface area contributed by atoms with Crippen LogP contribution in [0.15, 0.2) is 42.5 Å². The Morgan fingerprint density at radius 2 is 1.83 bits per heavy atom. The number of aromatic nitrogens is 1. The molecule has 0 radical (unpaired) electrons. The largest absolute Gasteiger partial charge is 0.481 e. The number of hydrogen-bond donors (Lipinski definition) is 1. The highest BCUT2D eigenvalue weighted by Crippen LogP contribution is 2.37. The highest BCUT2D eigenvalue weighted by Gasteiger charge is 2.17. The number of rotatable bonds is 3. The summed E-state index contributed by atoms with van der Waals surface area (Å²) in [5, 5.41) is 11.1. The minimum Gasteiger partial charge on any atom is -0.481 e. The second kappa shape index (κ2) is 6.19. The third-order valence-electron chi connectivity index (χ3n) is 3.65. The molecule has 0 fully saturated rings. The molecule has 0 unspecified atom stereocenters. The first-order chi connectivity index (χ1) is 11.0. The highest BCUT2D eigenvalue weighted by atomic mass is 35.5. The zero-order valence-electron chi connectivity index (χ0n) is 12.3. The van der Waals surface area contributed by atoms with Gasteiger partial charge in [0, 0.05) is 21.1 Å². The van der Waals surface area contributed by atoms with Crippen molar-refractivity contribution in [1.29, 1.82) is 0 Å². The quantitative estimate of drug-likeness (QED) is 0.714. The molecule has 23 heavy (non-hydrogen) atoms. The average molecular weight is 346 g/mol. The summed E-state index contributed by atoms with van der Waals surface area (Å²) in [4.78, 5) is 15.8. The molecule has 0 amide bonds. The van der Waals surface area contributed by atoms with Crippen molar-refractivity contribution in [3.05, 3.63) is 63.8 Å². The second-order valence-electron chi connectivity index (χ2n) is 5.31. The van der Waals surface area contributed by atoms with Gasteiger partial charge in [-0.25, -0.2) is 0 Å². The van der Waals surface area contributed by atoms with Gasteiger partial charge in [-0.2, -0.15) is 0 Å². The molecule has 0 atom stereocenters. The zero-order chi connectivity index (χ0) is 16.6. The molecule has 0 bridgehead atoms. The van der Waals surface area contributed by atoms with Crippen LogP contribution in [0.3, 0.4) is 0 Å². The van der Waals surface area contributed by atoms with Gasteiger partial charge in [0.2, 0.25) is 0 Å². The van der Waals surface area contributed by atoms with Gasteiger partial charge in [-0.15, -0.1) is 0 Å². The Labute approximate surface area is 143 Å². The van der Waals surface area contributed by atoms with Crippen LogP contribution in [0.4, 0.5) is 0 Å². The summed E-state index contributed by atoms with van der Waals surface area (Å²) in [6, 6.07) is 12.8. The van der Waals surface area contributed by atoms with Crippen molar-refractivity contribution in [3.63, 3.8) is 0 Å². The van der Waals surface area contributed by atoms with Crippen molar-refractivity contribution in [1.82, 2.24) is 4.98 Å². The van der Waals surface area contributed by atoms with E-state index in [0.717, 1.165) is 27.7 Å². The number of nitrogens with zero attached hydrogens (tertiary/aromatic N) is 1. The zero-order valence-corrected chi connectivity index (χ0v) is 13.8. The van der Waals surface area contributed by atoms with Crippen LogP contribution in [0.2, 0.25) is 10.0 Å². The lowest BCUT2D eigenvalue weighted by molar-refractivity contribution is -0.136. The number of carboxylic acid groups (broad SMARTS) is 1. The summed E-state index contributed by atoms with van der Waals surface area (Å²) in [5.74, 6) is -0.929. The van der Waals surface area contributed by atoms with Gasteiger partial charge in [0.15, 0.2) is 0 Å². The van der Waals surface area contributed by atoms with E-state index in [1.165, 1.54) is 0 Å². The summed E-state index contributed by atoms with van der Waals surface area (Å²) in [7, 11) is 0. The maximum atomic E-state index is 11.3. The number of aliphatic carboxylic acids is 1. The lowest BCUT2D eigenvalue weighted by Gasteiger charge is -2.14. The van der Waals surface area contributed by atoms with Crippen LogP contribution in [0.5, 0.6) is 0 Å². The molecule has 1 aromatic heterocycles. The number of aryl methyl sites for hydroxylation is 1. The second-order valence-corrected chi connectivity index (χ2v) is 6.15. The number of pyridine rings is 1. The fraction of sp³-hybridized carbons (Fsp3) is 0.111. The van der Waals surface area contributed by atoms with Crippen LogP contribution < -0.4 is 0 Å². The van der Waals surface area contributed by atoms with Crippen LogP contribution in [-0.2, 0) is 11.2 Å². The Hall–Kier alpha value is -2.10. The molecule has 3 nitrogen and oxygen atoms in total. The van der Waals surface area contributed by atoms with Gasteiger partial charge >= 0.3 is 5.97 Å². The number of carboxylic acids is 1. The number of benzene rings is 2. The molecular weight excluding hydrogens is 333 g/mol. The van der Waals surface area contributed by atoms with E-state index in [2.05, 4.69) is 4.98 Å². The van der Waals surface area contributed by atoms with Gasteiger partial charge in [-0.1, -0.05) is 41.4 Å². The Balaban J connectivity index is 2.37. The lowest BCUT2D eigenvalue weighted by Crippen LogP contribution is -2.04. The molecule has 1 N–H and O–H groups in total. The van der Waals surface area contributed by atoms with Gasteiger partial charge in [-0.3, -0.25) is 9.78 Å². The summed E-state index contributed by atoms with van der Waals surface area (Å²) in [5.41, 5.74) is 3.86. The number of fused-ring (bicyclic) bond motifs is 1. The van der Waals surface area contributed by atoms with Gasteiger partial charge in [-0.05, 0) is 47.9 Å². The molecule has 0 aliphatic carbocycles. The lowest BCUT2D eigenvalue weighted by atomic mass is 9.93. The molecule has 0 aliphatic rings. The predicted molar refractivity (Wildman–Crippen MR) is 93.3 cm³/mol. The minimum atomic E-state index is -0.929. The number of halogens is 2. The Kier molecular flexibility index (Phi) is 4.24. The van der Waals surface area contributed by atoms with E-state index in [0.29, 0.717) is 15.6 Å². The SMILES string of the molecule is Cc1ccc2c(-c3ccc(Cl)cc3)c(CC(=O)O)c(Cl)cc2n1. The van der Waals surface area contributed by atoms with Crippen molar-refractivity contribution < 1.29 is 9.90 Å². The van der Waals surface area contributed by atoms with Crippen LogP contribution in [0.25, 0.3) is 22.0 Å². The molecule has 0 saturated carbocycles. The highest BCUT2D eigenvalue weighted by molar-refractivity contribution is 6.33. The molecule has 2 aromatic carbocycles. The maximum absolute atomic E-state index is 11.3. The van der Waals surface area contributed by atoms with E-state index in [9.17, 15) is 9.90 Å². The smallest absolute Gasteiger partial charge is 0.307 e. The summed E-state index contributed by atoms with van der Waals surface area (Å²) in [6.45, 7) is 1.90. The van der Waals surface area contributed by atoms with E-state index < -0.39 is 5.97 Å². The van der Waals surface area contributed by atoms with Crippen molar-refractivity contribution in [2.24, 2.45) is 0 Å². The first-order valence-electron chi connectivity index (χ1n) is 7.02. The molecule has 0 aliphatic heterocycles. The number of hydrogen-bond acceptors (Lipinski definition) is 2. The minimum absolute atomic E-state index is 0.152. The maximum Gasteiger partial charge on any atom is 0.307 e. The van der Waals surface area contributed by atoms with Crippen LogP contribution in [-0.4, -0.2) is 16.1 Å². The predicted octanol–water partition coefficient (Wildman–Crippen LogP) is 5.14.